The smallest absolute Gasteiger partial charge is 0.427 e. The van der Waals surface area contributed by atoms with Crippen molar-refractivity contribution in [3.63, 3.8) is 0 Å². The van der Waals surface area contributed by atoms with Crippen LogP contribution in [0.5, 0.6) is 0 Å². The molecule has 2 aromatic rings. The predicted octanol–water partition coefficient (Wildman–Crippen LogP) is 3.36. The van der Waals surface area contributed by atoms with Crippen molar-refractivity contribution in [2.75, 3.05) is 19.6 Å². The highest BCUT2D eigenvalue weighted by Gasteiger charge is 2.31. The molecule has 9 heteroatoms. The van der Waals surface area contributed by atoms with E-state index in [-0.39, 0.29) is 12.5 Å². The van der Waals surface area contributed by atoms with Crippen molar-refractivity contribution >= 4 is 12.1 Å². The summed E-state index contributed by atoms with van der Waals surface area (Å²) in [6, 6.07) is 9.80. The van der Waals surface area contributed by atoms with Crippen molar-refractivity contribution in [3.05, 3.63) is 41.7 Å². The molecule has 1 N–H and O–H groups in total. The number of rotatable bonds is 4. The molecule has 1 saturated heterocycles. The Morgan fingerprint density at radius 1 is 1.00 bits per heavy atom. The Kier molecular flexibility index (Phi) is 6.48. The molecule has 4 rings (SSSR count). The van der Waals surface area contributed by atoms with E-state index in [2.05, 4.69) is 5.43 Å². The van der Waals surface area contributed by atoms with Crippen LogP contribution in [-0.2, 0) is 22.7 Å². The molecule has 0 spiro atoms. The van der Waals surface area contributed by atoms with Crippen LogP contribution in [0, 0.1) is 0 Å². The summed E-state index contributed by atoms with van der Waals surface area (Å²) < 4.78 is 7.31. The van der Waals surface area contributed by atoms with Gasteiger partial charge in [0.1, 0.15) is 11.4 Å². The molecule has 0 saturated carbocycles. The first-order valence-electron chi connectivity index (χ1n) is 11.2. The van der Waals surface area contributed by atoms with Gasteiger partial charge in [-0.1, -0.05) is 36.8 Å². The summed E-state index contributed by atoms with van der Waals surface area (Å²) in [5, 5.41) is 3.48. The van der Waals surface area contributed by atoms with Gasteiger partial charge in [0.2, 0.25) is 0 Å². The van der Waals surface area contributed by atoms with E-state index in [9.17, 15) is 9.59 Å². The Bertz CT molecular complexity index is 961. The van der Waals surface area contributed by atoms with Crippen LogP contribution in [0.15, 0.2) is 30.3 Å². The Hall–Kier alpha value is -2.91. The van der Waals surface area contributed by atoms with Crippen molar-refractivity contribution < 1.29 is 19.2 Å². The van der Waals surface area contributed by atoms with Crippen molar-refractivity contribution in [2.45, 2.75) is 58.7 Å². The van der Waals surface area contributed by atoms with Crippen LogP contribution in [0.1, 0.15) is 56.2 Å². The highest BCUT2D eigenvalue weighted by atomic mass is 16.8. The third-order valence-electron chi connectivity index (χ3n) is 5.43. The van der Waals surface area contributed by atoms with Crippen molar-refractivity contribution in [3.8, 4) is 11.4 Å². The van der Waals surface area contributed by atoms with E-state index < -0.39 is 11.8 Å². The minimum Gasteiger partial charge on any atom is -0.427 e. The second-order valence-corrected chi connectivity index (χ2v) is 9.16. The summed E-state index contributed by atoms with van der Waals surface area (Å²) in [6.07, 6.45) is 2.55. The van der Waals surface area contributed by atoms with E-state index in [0.29, 0.717) is 24.5 Å². The first-order chi connectivity index (χ1) is 15.3. The molecular formula is C23H31N5O4. The number of hydrogen-bond acceptors (Lipinski definition) is 7. The lowest BCUT2D eigenvalue weighted by atomic mass is 10.2. The molecule has 2 aliphatic rings. The average molecular weight is 442 g/mol. The van der Waals surface area contributed by atoms with E-state index in [4.69, 9.17) is 14.6 Å². The molecule has 32 heavy (non-hydrogen) atoms. The Balaban J connectivity index is 1.58. The molecule has 0 aliphatic carbocycles. The number of ether oxygens (including phenoxy) is 1. The number of fused-ring (bicyclic) bond motifs is 1. The largest absolute Gasteiger partial charge is 0.528 e. The lowest BCUT2D eigenvalue weighted by Crippen LogP contribution is -2.45. The summed E-state index contributed by atoms with van der Waals surface area (Å²) in [5.41, 5.74) is 4.37. The average Bonchev–Trinajstić information content (AvgIpc) is 3.13. The van der Waals surface area contributed by atoms with Gasteiger partial charge in [-0.2, -0.15) is 0 Å². The highest BCUT2D eigenvalue weighted by Crippen LogP contribution is 2.27. The van der Waals surface area contributed by atoms with Gasteiger partial charge >= 0.3 is 6.16 Å². The number of imidazole rings is 1. The molecule has 0 radical (unpaired) electrons. The predicted molar refractivity (Wildman–Crippen MR) is 118 cm³/mol. The van der Waals surface area contributed by atoms with E-state index >= 15 is 0 Å². The van der Waals surface area contributed by atoms with Gasteiger partial charge in [-0.25, -0.2) is 14.8 Å². The van der Waals surface area contributed by atoms with Gasteiger partial charge < -0.3 is 14.1 Å². The summed E-state index contributed by atoms with van der Waals surface area (Å²) in [4.78, 5) is 35.5. The number of hydrogen-bond donors (Lipinski definition) is 1. The maximum Gasteiger partial charge on any atom is 0.528 e. The SMILES string of the molecule is CC(C)(C)OC(=O)ON1CCn2c(-c3ccccc3)nc(C(=O)NN3CCCCC3)c2C1. The number of piperidine rings is 1. The summed E-state index contributed by atoms with van der Waals surface area (Å²) in [5.74, 6) is 0.498. The second-order valence-electron chi connectivity index (χ2n) is 9.16. The van der Waals surface area contributed by atoms with Gasteiger partial charge in [0, 0.05) is 25.2 Å². The van der Waals surface area contributed by atoms with Crippen LogP contribution in [0.2, 0.25) is 0 Å². The number of hydrazine groups is 1. The number of amides is 1. The number of nitrogens with one attached hydrogen (secondary N) is 1. The van der Waals surface area contributed by atoms with Gasteiger partial charge in [0.05, 0.1) is 18.8 Å². The van der Waals surface area contributed by atoms with E-state index in [1.54, 1.807) is 20.8 Å². The molecule has 1 aromatic heterocycles. The highest BCUT2D eigenvalue weighted by molar-refractivity contribution is 5.94. The van der Waals surface area contributed by atoms with Crippen molar-refractivity contribution in [2.24, 2.45) is 0 Å². The van der Waals surface area contributed by atoms with Crippen LogP contribution in [0.3, 0.4) is 0 Å². The van der Waals surface area contributed by atoms with Gasteiger partial charge in [0.25, 0.3) is 5.91 Å². The first-order valence-corrected chi connectivity index (χ1v) is 11.2. The Morgan fingerprint density at radius 2 is 1.72 bits per heavy atom. The normalized spacial score (nSPS) is 17.5. The lowest BCUT2D eigenvalue weighted by Gasteiger charge is -2.29. The van der Waals surface area contributed by atoms with Crippen molar-refractivity contribution in [1.82, 2.24) is 25.0 Å². The third kappa shape index (κ3) is 5.28. The molecule has 1 fully saturated rings. The number of benzene rings is 1. The van der Waals surface area contributed by atoms with E-state index in [1.165, 1.54) is 11.5 Å². The molecule has 0 unspecified atom stereocenters. The lowest BCUT2D eigenvalue weighted by molar-refractivity contribution is -0.155. The number of carbonyl (C=O) groups excluding carboxylic acids is 2. The zero-order valence-corrected chi connectivity index (χ0v) is 19.0. The molecule has 3 heterocycles. The fourth-order valence-electron chi connectivity index (χ4n) is 3.99. The Morgan fingerprint density at radius 3 is 2.41 bits per heavy atom. The van der Waals surface area contributed by atoms with E-state index in [0.717, 1.165) is 37.3 Å². The monoisotopic (exact) mass is 441 g/mol. The number of nitrogens with zero attached hydrogens (tertiary/aromatic N) is 4. The molecular weight excluding hydrogens is 410 g/mol. The van der Waals surface area contributed by atoms with Gasteiger partial charge in [0.15, 0.2) is 5.69 Å². The minimum atomic E-state index is -0.756. The molecule has 2 aliphatic heterocycles. The fourth-order valence-corrected chi connectivity index (χ4v) is 3.99. The molecule has 0 atom stereocenters. The van der Waals surface area contributed by atoms with Crippen LogP contribution < -0.4 is 5.43 Å². The maximum atomic E-state index is 13.2. The van der Waals surface area contributed by atoms with Crippen LogP contribution in [0.4, 0.5) is 4.79 Å². The van der Waals surface area contributed by atoms with Crippen LogP contribution in [0.25, 0.3) is 11.4 Å². The molecule has 172 valence electrons. The van der Waals surface area contributed by atoms with Crippen LogP contribution >= 0.6 is 0 Å². The molecule has 0 bridgehead atoms. The van der Waals surface area contributed by atoms with Gasteiger partial charge in [-0.3, -0.25) is 10.2 Å². The van der Waals surface area contributed by atoms with Crippen LogP contribution in [-0.4, -0.2) is 56.9 Å². The number of aromatic nitrogens is 2. The molecule has 1 amide bonds. The second kappa shape index (κ2) is 9.30. The van der Waals surface area contributed by atoms with Gasteiger partial charge in [-0.05, 0) is 33.6 Å². The maximum absolute atomic E-state index is 13.2. The number of hydroxylamine groups is 2. The topological polar surface area (TPSA) is 88.9 Å². The zero-order chi connectivity index (χ0) is 22.7. The fraction of sp³-hybridized carbons (Fsp3) is 0.522. The quantitative estimate of drug-likeness (QED) is 0.728. The summed E-state index contributed by atoms with van der Waals surface area (Å²) >= 11 is 0. The van der Waals surface area contributed by atoms with E-state index in [1.807, 2.05) is 39.9 Å². The molecule has 1 aromatic carbocycles. The first kappa shape index (κ1) is 22.3. The summed E-state index contributed by atoms with van der Waals surface area (Å²) in [7, 11) is 0. The summed E-state index contributed by atoms with van der Waals surface area (Å²) in [6.45, 7) is 8.28. The van der Waals surface area contributed by atoms with Crippen molar-refractivity contribution in [1.29, 1.82) is 0 Å². The minimum absolute atomic E-state index is 0.239. The third-order valence-corrected chi connectivity index (χ3v) is 5.43. The molecule has 9 nitrogen and oxygen atoms in total. The standard InChI is InChI=1S/C23H31N5O4/c1-23(2,3)31-22(30)32-27-14-15-28-18(16-27)19(21(29)25-26-12-8-5-9-13-26)24-20(28)17-10-6-4-7-11-17/h4,6-7,10-11H,5,8-9,12-16H2,1-3H3,(H,25,29). The number of carbonyl (C=O) groups is 2. The Labute approximate surface area is 188 Å². The van der Waals surface area contributed by atoms with Gasteiger partial charge in [-0.15, -0.1) is 5.06 Å². The zero-order valence-electron chi connectivity index (χ0n) is 19.0.